The molecule has 0 saturated heterocycles. The Kier molecular flexibility index (Phi) is 5.12. The van der Waals surface area contributed by atoms with Crippen LogP contribution in [0.2, 0.25) is 0 Å². The molecule has 1 heterocycles. The lowest BCUT2D eigenvalue weighted by Gasteiger charge is -2.20. The molecule has 1 aromatic carbocycles. The van der Waals surface area contributed by atoms with E-state index in [0.29, 0.717) is 11.8 Å². The van der Waals surface area contributed by atoms with Gasteiger partial charge in [0.15, 0.2) is 0 Å². The lowest BCUT2D eigenvalue weighted by atomic mass is 9.96. The zero-order valence-corrected chi connectivity index (χ0v) is 12.2. The molecule has 20 heavy (non-hydrogen) atoms. The van der Waals surface area contributed by atoms with Crippen molar-refractivity contribution in [3.05, 3.63) is 42.5 Å². The zero-order valence-electron chi connectivity index (χ0n) is 12.2. The molecule has 1 atom stereocenters. The second kappa shape index (κ2) is 7.05. The van der Waals surface area contributed by atoms with E-state index in [4.69, 9.17) is 5.73 Å². The highest BCUT2D eigenvalue weighted by Gasteiger charge is 2.10. The van der Waals surface area contributed by atoms with Crippen molar-refractivity contribution in [1.82, 2.24) is 14.8 Å². The Labute approximate surface area is 120 Å². The van der Waals surface area contributed by atoms with Crippen molar-refractivity contribution >= 4 is 5.69 Å². The first-order valence-electron chi connectivity index (χ1n) is 7.04. The summed E-state index contributed by atoms with van der Waals surface area (Å²) in [5, 5.41) is 7.55. The highest BCUT2D eigenvalue weighted by molar-refractivity contribution is 5.44. The number of hydrogen-bond donors (Lipinski definition) is 2. The van der Waals surface area contributed by atoms with Gasteiger partial charge in [0.05, 0.1) is 6.54 Å². The molecule has 2 aromatic rings. The minimum atomic E-state index is 0.504. The Morgan fingerprint density at radius 1 is 1.25 bits per heavy atom. The average Bonchev–Trinajstić information content (AvgIpc) is 2.94. The maximum Gasteiger partial charge on any atom is 0.137 e. The van der Waals surface area contributed by atoms with Gasteiger partial charge in [-0.25, -0.2) is 9.67 Å². The molecular weight excluding hydrogens is 250 g/mol. The first kappa shape index (κ1) is 14.5. The van der Waals surface area contributed by atoms with Gasteiger partial charge < -0.3 is 11.1 Å². The number of nitrogens with two attached hydrogens (primary N) is 1. The summed E-state index contributed by atoms with van der Waals surface area (Å²) in [6, 6.07) is 8.41. The first-order valence-corrected chi connectivity index (χ1v) is 7.04. The third-order valence-corrected chi connectivity index (χ3v) is 3.58. The fourth-order valence-electron chi connectivity index (χ4n) is 2.07. The van der Waals surface area contributed by atoms with Crippen LogP contribution in [0.15, 0.2) is 36.9 Å². The Balaban J connectivity index is 1.88. The summed E-state index contributed by atoms with van der Waals surface area (Å²) in [5.74, 6) is 1.10. The zero-order chi connectivity index (χ0) is 14.4. The molecule has 5 nitrogen and oxygen atoms in total. The molecule has 0 bridgehead atoms. The molecule has 2 rings (SSSR count). The van der Waals surface area contributed by atoms with Crippen molar-refractivity contribution in [3.63, 3.8) is 0 Å². The van der Waals surface area contributed by atoms with Crippen LogP contribution >= 0.6 is 0 Å². The van der Waals surface area contributed by atoms with Crippen LogP contribution in [0, 0.1) is 11.8 Å². The van der Waals surface area contributed by atoms with E-state index in [2.05, 4.69) is 53.5 Å². The Morgan fingerprint density at radius 3 is 2.55 bits per heavy atom. The lowest BCUT2D eigenvalue weighted by Crippen LogP contribution is -2.27. The van der Waals surface area contributed by atoms with E-state index in [1.165, 1.54) is 5.56 Å². The van der Waals surface area contributed by atoms with Gasteiger partial charge in [-0.2, -0.15) is 5.10 Å². The van der Waals surface area contributed by atoms with Crippen LogP contribution < -0.4 is 11.1 Å². The van der Waals surface area contributed by atoms with Gasteiger partial charge in [0.25, 0.3) is 0 Å². The summed E-state index contributed by atoms with van der Waals surface area (Å²) in [6.45, 7) is 6.80. The van der Waals surface area contributed by atoms with Crippen molar-refractivity contribution in [2.45, 2.75) is 20.4 Å². The monoisotopic (exact) mass is 273 g/mol. The molecule has 0 fully saturated rings. The molecule has 0 spiro atoms. The van der Waals surface area contributed by atoms with Gasteiger partial charge in [-0.15, -0.1) is 0 Å². The van der Waals surface area contributed by atoms with Gasteiger partial charge in [0, 0.05) is 12.2 Å². The van der Waals surface area contributed by atoms with Gasteiger partial charge in [-0.05, 0) is 36.1 Å². The summed E-state index contributed by atoms with van der Waals surface area (Å²) in [5.41, 5.74) is 8.12. The number of benzene rings is 1. The largest absolute Gasteiger partial charge is 0.385 e. The van der Waals surface area contributed by atoms with Crippen LogP contribution in [0.3, 0.4) is 0 Å². The molecular formula is C15H23N5. The topological polar surface area (TPSA) is 68.8 Å². The SMILES string of the molecule is CC(C)C(CN)CNc1ccc(Cn2cncn2)cc1. The summed E-state index contributed by atoms with van der Waals surface area (Å²) < 4.78 is 1.81. The second-order valence-electron chi connectivity index (χ2n) is 5.41. The third-order valence-electron chi connectivity index (χ3n) is 3.58. The van der Waals surface area contributed by atoms with E-state index in [1.807, 2.05) is 4.68 Å². The van der Waals surface area contributed by atoms with E-state index < -0.39 is 0 Å². The number of nitrogens with one attached hydrogen (secondary N) is 1. The maximum atomic E-state index is 5.78. The molecule has 5 heteroatoms. The van der Waals surface area contributed by atoms with Crippen LogP contribution in [0.4, 0.5) is 5.69 Å². The van der Waals surface area contributed by atoms with Crippen LogP contribution in [0.5, 0.6) is 0 Å². The number of anilines is 1. The molecule has 3 N–H and O–H groups in total. The summed E-state index contributed by atoms with van der Waals surface area (Å²) in [6.07, 6.45) is 3.27. The smallest absolute Gasteiger partial charge is 0.137 e. The van der Waals surface area contributed by atoms with E-state index in [0.717, 1.165) is 25.3 Å². The molecule has 0 aliphatic heterocycles. The molecule has 108 valence electrons. The summed E-state index contributed by atoms with van der Waals surface area (Å²) >= 11 is 0. The molecule has 0 radical (unpaired) electrons. The van der Waals surface area contributed by atoms with E-state index >= 15 is 0 Å². The quantitative estimate of drug-likeness (QED) is 0.809. The fraction of sp³-hybridized carbons (Fsp3) is 0.467. The Bertz CT molecular complexity index is 489. The molecule has 0 amide bonds. The normalized spacial score (nSPS) is 12.6. The van der Waals surface area contributed by atoms with Gasteiger partial charge >= 0.3 is 0 Å². The maximum absolute atomic E-state index is 5.78. The molecule has 1 unspecified atom stereocenters. The highest BCUT2D eigenvalue weighted by atomic mass is 15.3. The molecule has 0 aliphatic rings. The average molecular weight is 273 g/mol. The van der Waals surface area contributed by atoms with Crippen molar-refractivity contribution in [1.29, 1.82) is 0 Å². The third kappa shape index (κ3) is 4.06. The van der Waals surface area contributed by atoms with Crippen molar-refractivity contribution in [2.24, 2.45) is 17.6 Å². The Morgan fingerprint density at radius 2 is 2.00 bits per heavy atom. The second-order valence-corrected chi connectivity index (χ2v) is 5.41. The summed E-state index contributed by atoms with van der Waals surface area (Å²) in [7, 11) is 0. The first-order chi connectivity index (χ1) is 9.69. The summed E-state index contributed by atoms with van der Waals surface area (Å²) in [4.78, 5) is 3.94. The molecule has 0 aliphatic carbocycles. The number of aromatic nitrogens is 3. The predicted octanol–water partition coefficient (Wildman–Crippen LogP) is 1.97. The predicted molar refractivity (Wildman–Crippen MR) is 81.4 cm³/mol. The van der Waals surface area contributed by atoms with Crippen LogP contribution in [0.1, 0.15) is 19.4 Å². The van der Waals surface area contributed by atoms with Crippen molar-refractivity contribution in [3.8, 4) is 0 Å². The molecule has 0 saturated carbocycles. The lowest BCUT2D eigenvalue weighted by molar-refractivity contribution is 0.413. The van der Waals surface area contributed by atoms with Gasteiger partial charge in [0.2, 0.25) is 0 Å². The van der Waals surface area contributed by atoms with Gasteiger partial charge in [-0.1, -0.05) is 26.0 Å². The fourth-order valence-corrected chi connectivity index (χ4v) is 2.07. The Hall–Kier alpha value is -1.88. The number of hydrogen-bond acceptors (Lipinski definition) is 4. The van der Waals surface area contributed by atoms with Crippen molar-refractivity contribution in [2.75, 3.05) is 18.4 Å². The van der Waals surface area contributed by atoms with Crippen LogP contribution in [0.25, 0.3) is 0 Å². The highest BCUT2D eigenvalue weighted by Crippen LogP contribution is 2.14. The number of rotatable bonds is 7. The van der Waals surface area contributed by atoms with E-state index in [-0.39, 0.29) is 0 Å². The van der Waals surface area contributed by atoms with E-state index in [9.17, 15) is 0 Å². The number of nitrogens with zero attached hydrogens (tertiary/aromatic N) is 3. The van der Waals surface area contributed by atoms with Gasteiger partial charge in [-0.3, -0.25) is 0 Å². The van der Waals surface area contributed by atoms with Crippen LogP contribution in [-0.4, -0.2) is 27.9 Å². The van der Waals surface area contributed by atoms with Crippen LogP contribution in [-0.2, 0) is 6.54 Å². The van der Waals surface area contributed by atoms with Crippen molar-refractivity contribution < 1.29 is 0 Å². The van der Waals surface area contributed by atoms with E-state index in [1.54, 1.807) is 12.7 Å². The minimum Gasteiger partial charge on any atom is -0.385 e. The minimum absolute atomic E-state index is 0.504. The van der Waals surface area contributed by atoms with Gasteiger partial charge in [0.1, 0.15) is 12.7 Å². The standard InChI is InChI=1S/C15H23N5/c1-12(2)14(7-16)8-18-15-5-3-13(4-6-15)9-20-11-17-10-19-20/h3-6,10-12,14,18H,7-9,16H2,1-2H3. The molecule has 1 aromatic heterocycles.